The summed E-state index contributed by atoms with van der Waals surface area (Å²) in [5, 5.41) is 20.7. The van der Waals surface area contributed by atoms with Crippen LogP contribution in [0.2, 0.25) is 0 Å². The first kappa shape index (κ1) is 18.6. The van der Waals surface area contributed by atoms with Gasteiger partial charge >= 0.3 is 0 Å². The van der Waals surface area contributed by atoms with Gasteiger partial charge in [-0.3, -0.25) is 4.72 Å². The van der Waals surface area contributed by atoms with E-state index in [1.54, 1.807) is 36.0 Å². The van der Waals surface area contributed by atoms with Crippen LogP contribution in [0.25, 0.3) is 11.3 Å². The lowest BCUT2D eigenvalue weighted by atomic mass is 10.1. The van der Waals surface area contributed by atoms with Crippen molar-refractivity contribution in [2.24, 2.45) is 25.6 Å². The third-order valence-electron chi connectivity index (χ3n) is 3.87. The molecule has 0 unspecified atom stereocenters. The molecule has 0 radical (unpaired) electrons. The topological polar surface area (TPSA) is 121 Å². The summed E-state index contributed by atoms with van der Waals surface area (Å²) in [7, 11) is -3.30. The highest BCUT2D eigenvalue weighted by Gasteiger charge is 2.19. The summed E-state index contributed by atoms with van der Waals surface area (Å²) in [5.74, 6) is 2.04. The summed E-state index contributed by atoms with van der Waals surface area (Å²) in [6.07, 6.45) is 1.72. The van der Waals surface area contributed by atoms with Crippen LogP contribution in [0.5, 0.6) is 0 Å². The highest BCUT2D eigenvalue weighted by molar-refractivity contribution is 8.14. The molecule has 9 nitrogen and oxygen atoms in total. The Bertz CT molecular complexity index is 1110. The summed E-state index contributed by atoms with van der Waals surface area (Å²) in [5.41, 5.74) is 3.04. The van der Waals surface area contributed by atoms with Gasteiger partial charge in [-0.25, -0.2) is 8.42 Å². The van der Waals surface area contributed by atoms with Gasteiger partial charge in [0.05, 0.1) is 12.0 Å². The van der Waals surface area contributed by atoms with Crippen LogP contribution in [0.3, 0.4) is 0 Å². The molecule has 2 aliphatic rings. The van der Waals surface area contributed by atoms with Gasteiger partial charge in [0.25, 0.3) is 0 Å². The second-order valence-electron chi connectivity index (χ2n) is 6.18. The molecule has 0 amide bonds. The zero-order valence-electron chi connectivity index (χ0n) is 14.9. The number of anilines is 1. The Labute approximate surface area is 165 Å². The van der Waals surface area contributed by atoms with Crippen LogP contribution in [0, 0.1) is 0 Å². The molecule has 1 N–H and O–H groups in total. The van der Waals surface area contributed by atoms with E-state index in [9.17, 15) is 8.42 Å². The lowest BCUT2D eigenvalue weighted by Gasteiger charge is -2.04. The van der Waals surface area contributed by atoms with E-state index in [1.165, 1.54) is 0 Å². The Hall–Kier alpha value is -2.79. The fourth-order valence-corrected chi connectivity index (χ4v) is 3.98. The SMILES string of the molecule is CS(=O)(=O)Nc1ccc(-c2ccc(C3=NN=C(SCC4=NN=NC4)C3)o2)cc1. The van der Waals surface area contributed by atoms with Crippen molar-refractivity contribution < 1.29 is 12.8 Å². The number of rotatable bonds is 6. The van der Waals surface area contributed by atoms with Gasteiger partial charge in [-0.15, -0.1) is 22.0 Å². The molecule has 0 aliphatic carbocycles. The average molecular weight is 416 g/mol. The standard InChI is InChI=1S/C17H16N6O3S2/c1-28(24,25)22-12-4-2-11(3-5-12)15-6-7-16(26-15)14-8-17(21-20-14)27-10-13-9-18-23-19-13/h2-7,22H,8-10H2,1H3. The Morgan fingerprint density at radius 2 is 1.86 bits per heavy atom. The Kier molecular flexibility index (Phi) is 5.09. The molecule has 4 rings (SSSR count). The van der Waals surface area contributed by atoms with Crippen molar-refractivity contribution in [3.63, 3.8) is 0 Å². The van der Waals surface area contributed by atoms with Crippen molar-refractivity contribution in [2.45, 2.75) is 6.42 Å². The Morgan fingerprint density at radius 1 is 1.07 bits per heavy atom. The molecule has 2 aliphatic heterocycles. The normalized spacial score (nSPS) is 16.1. The number of hydrogen-bond donors (Lipinski definition) is 1. The highest BCUT2D eigenvalue weighted by Crippen LogP contribution is 2.27. The monoisotopic (exact) mass is 416 g/mol. The summed E-state index contributed by atoms with van der Waals surface area (Å²) >= 11 is 1.58. The van der Waals surface area contributed by atoms with Gasteiger partial charge in [0, 0.05) is 23.4 Å². The molecule has 0 atom stereocenters. The van der Waals surface area contributed by atoms with Gasteiger partial charge in [-0.2, -0.15) is 10.2 Å². The van der Waals surface area contributed by atoms with E-state index in [1.807, 2.05) is 12.1 Å². The van der Waals surface area contributed by atoms with Crippen molar-refractivity contribution in [1.29, 1.82) is 0 Å². The molecule has 3 heterocycles. The zero-order valence-corrected chi connectivity index (χ0v) is 16.5. The van der Waals surface area contributed by atoms with Crippen molar-refractivity contribution in [3.05, 3.63) is 42.2 Å². The summed E-state index contributed by atoms with van der Waals surface area (Å²) in [6.45, 7) is 0.550. The van der Waals surface area contributed by atoms with Crippen LogP contribution in [0.15, 0.2) is 66.5 Å². The number of hydrogen-bond acceptors (Lipinski definition) is 9. The van der Waals surface area contributed by atoms with Crippen LogP contribution in [0.4, 0.5) is 5.69 Å². The zero-order chi connectivity index (χ0) is 19.6. The lowest BCUT2D eigenvalue weighted by molar-refractivity contribution is 0.571. The van der Waals surface area contributed by atoms with Crippen molar-refractivity contribution in [3.8, 4) is 11.3 Å². The molecular weight excluding hydrogens is 400 g/mol. The van der Waals surface area contributed by atoms with Crippen LogP contribution in [-0.4, -0.2) is 43.4 Å². The van der Waals surface area contributed by atoms with E-state index in [2.05, 4.69) is 30.4 Å². The highest BCUT2D eigenvalue weighted by atomic mass is 32.2. The minimum Gasteiger partial charge on any atom is -0.455 e. The molecule has 0 fully saturated rings. The minimum atomic E-state index is -3.30. The number of furan rings is 1. The van der Waals surface area contributed by atoms with Crippen LogP contribution >= 0.6 is 11.8 Å². The predicted molar refractivity (Wildman–Crippen MR) is 111 cm³/mol. The number of nitrogens with zero attached hydrogens (tertiary/aromatic N) is 5. The first-order valence-corrected chi connectivity index (χ1v) is 11.2. The second kappa shape index (κ2) is 7.68. The summed E-state index contributed by atoms with van der Waals surface area (Å²) < 4.78 is 30.9. The molecule has 144 valence electrons. The molecule has 0 bridgehead atoms. The smallest absolute Gasteiger partial charge is 0.229 e. The predicted octanol–water partition coefficient (Wildman–Crippen LogP) is 3.38. The quantitative estimate of drug-likeness (QED) is 0.776. The van der Waals surface area contributed by atoms with Crippen molar-refractivity contribution in [1.82, 2.24) is 0 Å². The third-order valence-corrected chi connectivity index (χ3v) is 5.52. The molecule has 1 aromatic heterocycles. The maximum Gasteiger partial charge on any atom is 0.229 e. The summed E-state index contributed by atoms with van der Waals surface area (Å²) in [6, 6.07) is 10.7. The van der Waals surface area contributed by atoms with E-state index in [4.69, 9.17) is 4.42 Å². The van der Waals surface area contributed by atoms with Crippen molar-refractivity contribution in [2.75, 3.05) is 23.3 Å². The van der Waals surface area contributed by atoms with Crippen LogP contribution in [0.1, 0.15) is 12.2 Å². The summed E-state index contributed by atoms with van der Waals surface area (Å²) in [4.78, 5) is 0. The molecule has 0 saturated heterocycles. The van der Waals surface area contributed by atoms with Gasteiger partial charge in [0.1, 0.15) is 23.1 Å². The van der Waals surface area contributed by atoms with Gasteiger partial charge in [0.2, 0.25) is 10.0 Å². The van der Waals surface area contributed by atoms with E-state index in [0.29, 0.717) is 35.9 Å². The minimum absolute atomic E-state index is 0.501. The average Bonchev–Trinajstić information content (AvgIpc) is 3.40. The molecule has 0 saturated carbocycles. The molecule has 28 heavy (non-hydrogen) atoms. The van der Waals surface area contributed by atoms with Crippen LogP contribution in [-0.2, 0) is 10.0 Å². The Balaban J connectivity index is 1.37. The third kappa shape index (κ3) is 4.54. The maximum atomic E-state index is 11.3. The van der Waals surface area contributed by atoms with E-state index < -0.39 is 10.0 Å². The lowest BCUT2D eigenvalue weighted by Crippen LogP contribution is -2.09. The van der Waals surface area contributed by atoms with E-state index >= 15 is 0 Å². The van der Waals surface area contributed by atoms with Gasteiger partial charge < -0.3 is 4.42 Å². The largest absolute Gasteiger partial charge is 0.455 e. The first-order valence-electron chi connectivity index (χ1n) is 8.33. The molecule has 0 spiro atoms. The molecule has 1 aromatic carbocycles. The number of benzene rings is 1. The number of thioether (sulfide) groups is 1. The fourth-order valence-electron chi connectivity index (χ4n) is 2.59. The first-order chi connectivity index (χ1) is 13.5. The van der Waals surface area contributed by atoms with Gasteiger partial charge in [-0.05, 0) is 41.6 Å². The van der Waals surface area contributed by atoms with Gasteiger partial charge in [0.15, 0.2) is 5.76 Å². The molecule has 2 aromatic rings. The second-order valence-corrected chi connectivity index (χ2v) is 8.97. The molecular formula is C17H16N6O3S2. The number of sulfonamides is 1. The maximum absolute atomic E-state index is 11.3. The van der Waals surface area contributed by atoms with E-state index in [0.717, 1.165) is 28.3 Å². The fraction of sp³-hybridized carbons (Fsp3) is 0.235. The number of nitrogens with one attached hydrogen (secondary N) is 1. The van der Waals surface area contributed by atoms with Crippen molar-refractivity contribution >= 4 is 43.9 Å². The van der Waals surface area contributed by atoms with Crippen LogP contribution < -0.4 is 4.72 Å². The Morgan fingerprint density at radius 3 is 2.57 bits per heavy atom. The molecule has 11 heteroatoms. The van der Waals surface area contributed by atoms with E-state index in [-0.39, 0.29) is 0 Å². The van der Waals surface area contributed by atoms with Gasteiger partial charge in [-0.1, -0.05) is 0 Å².